The van der Waals surface area contributed by atoms with Crippen molar-refractivity contribution in [1.82, 2.24) is 14.8 Å². The molecule has 0 saturated carbocycles. The lowest BCUT2D eigenvalue weighted by Gasteiger charge is -2.40. The summed E-state index contributed by atoms with van der Waals surface area (Å²) >= 11 is 0. The molecule has 4 nitrogen and oxygen atoms in total. The van der Waals surface area contributed by atoms with Crippen LogP contribution in [0.3, 0.4) is 0 Å². The molecule has 2 aliphatic heterocycles. The Labute approximate surface area is 203 Å². The summed E-state index contributed by atoms with van der Waals surface area (Å²) in [6.07, 6.45) is -3.99. The minimum absolute atomic E-state index is 0.0686. The van der Waals surface area contributed by atoms with Gasteiger partial charge in [-0.3, -0.25) is 14.2 Å². The van der Waals surface area contributed by atoms with Gasteiger partial charge in [-0.15, -0.1) is 0 Å². The fourth-order valence-electron chi connectivity index (χ4n) is 5.33. The number of nitrogens with zero attached hydrogens (tertiary/aromatic N) is 2. The number of halogens is 7. The van der Waals surface area contributed by atoms with Crippen molar-refractivity contribution in [3.05, 3.63) is 64.6 Å². The number of aromatic amines is 1. The highest BCUT2D eigenvalue weighted by Gasteiger charge is 2.41. The van der Waals surface area contributed by atoms with Crippen molar-refractivity contribution < 1.29 is 30.7 Å². The number of alkyl halides is 4. The van der Waals surface area contributed by atoms with Crippen LogP contribution in [0.25, 0.3) is 10.9 Å². The van der Waals surface area contributed by atoms with Gasteiger partial charge in [0.05, 0.1) is 25.3 Å². The summed E-state index contributed by atoms with van der Waals surface area (Å²) in [6.45, 7) is -0.0629. The summed E-state index contributed by atoms with van der Waals surface area (Å²) in [4.78, 5) is 6.00. The maximum atomic E-state index is 15.4. The zero-order chi connectivity index (χ0) is 25.6. The van der Waals surface area contributed by atoms with Crippen molar-refractivity contribution in [2.45, 2.75) is 31.1 Å². The molecule has 36 heavy (non-hydrogen) atoms. The number of benzene rings is 2. The lowest BCUT2D eigenvalue weighted by atomic mass is 9.91. The van der Waals surface area contributed by atoms with Gasteiger partial charge >= 0.3 is 6.18 Å². The normalized spacial score (nSPS) is 19.5. The second-order valence-corrected chi connectivity index (χ2v) is 9.44. The van der Waals surface area contributed by atoms with Crippen LogP contribution in [0.1, 0.15) is 29.3 Å². The van der Waals surface area contributed by atoms with Crippen LogP contribution in [0.2, 0.25) is 0 Å². The Morgan fingerprint density at radius 2 is 1.75 bits per heavy atom. The highest BCUT2D eigenvalue weighted by Crippen LogP contribution is 2.42. The number of H-pyrrole nitrogens is 1. The SMILES string of the molecule is FCCCN1CC(Nc2cc(F)c([C@H]3c4[nH]c5ccc(F)cc5c4CCN3CC(F)(F)F)c(F)c2)C1. The van der Waals surface area contributed by atoms with Gasteiger partial charge in [0, 0.05) is 54.0 Å². The standard InChI is InChI=1S/C25H25F7N4/c26-5-1-6-35-11-16(12-35)33-15-9-19(28)22(20(29)10-15)24-23-17(4-7-36(24)13-25(30,31)32)18-8-14(27)2-3-21(18)34-23/h2-3,8-10,16,24,33-34H,1,4-7,11-13H2/t24-/m0/s1. The van der Waals surface area contributed by atoms with E-state index in [1.165, 1.54) is 18.2 Å². The number of aromatic nitrogens is 1. The first-order valence-corrected chi connectivity index (χ1v) is 11.8. The average Bonchev–Trinajstić information content (AvgIpc) is 3.12. The molecule has 2 aromatic carbocycles. The van der Waals surface area contributed by atoms with Gasteiger partial charge in [0.25, 0.3) is 0 Å². The van der Waals surface area contributed by atoms with E-state index < -0.39 is 48.5 Å². The molecule has 3 aromatic rings. The molecule has 1 fully saturated rings. The Kier molecular flexibility index (Phi) is 6.63. The number of hydrogen-bond acceptors (Lipinski definition) is 3. The van der Waals surface area contributed by atoms with Crippen molar-refractivity contribution in [2.24, 2.45) is 0 Å². The molecular formula is C25H25F7N4. The number of nitrogens with one attached hydrogen (secondary N) is 2. The summed E-state index contributed by atoms with van der Waals surface area (Å²) in [5.41, 5.74) is 0.961. The number of fused-ring (bicyclic) bond motifs is 3. The molecule has 0 unspecified atom stereocenters. The van der Waals surface area contributed by atoms with Gasteiger partial charge in [0.1, 0.15) is 17.5 Å². The number of likely N-dealkylation sites (tertiary alicyclic amines) is 1. The van der Waals surface area contributed by atoms with E-state index in [0.717, 1.165) is 17.0 Å². The largest absolute Gasteiger partial charge is 0.401 e. The molecule has 11 heteroatoms. The van der Waals surface area contributed by atoms with Gasteiger partial charge in [-0.2, -0.15) is 13.2 Å². The third-order valence-electron chi connectivity index (χ3n) is 6.86. The monoisotopic (exact) mass is 514 g/mol. The van der Waals surface area contributed by atoms with Crippen LogP contribution in [0, 0.1) is 17.5 Å². The van der Waals surface area contributed by atoms with Crippen LogP contribution in [0.5, 0.6) is 0 Å². The highest BCUT2D eigenvalue weighted by atomic mass is 19.4. The maximum Gasteiger partial charge on any atom is 0.401 e. The molecule has 1 atom stereocenters. The van der Waals surface area contributed by atoms with Gasteiger partial charge in [-0.25, -0.2) is 13.2 Å². The molecule has 3 heterocycles. The van der Waals surface area contributed by atoms with Gasteiger partial charge < -0.3 is 10.3 Å². The van der Waals surface area contributed by atoms with Crippen molar-refractivity contribution in [3.63, 3.8) is 0 Å². The quantitative estimate of drug-likeness (QED) is 0.406. The van der Waals surface area contributed by atoms with Crippen LogP contribution >= 0.6 is 0 Å². The molecule has 0 spiro atoms. The molecule has 0 amide bonds. The molecule has 194 valence electrons. The van der Waals surface area contributed by atoms with Crippen molar-refractivity contribution >= 4 is 16.6 Å². The summed E-state index contributed by atoms with van der Waals surface area (Å²) < 4.78 is 97.2. The molecule has 2 aliphatic rings. The van der Waals surface area contributed by atoms with E-state index >= 15 is 8.78 Å². The average molecular weight is 514 g/mol. The summed E-state index contributed by atoms with van der Waals surface area (Å²) in [6, 6.07) is 4.70. The Bertz CT molecular complexity index is 1230. The molecule has 2 N–H and O–H groups in total. The Balaban J connectivity index is 1.48. The summed E-state index contributed by atoms with van der Waals surface area (Å²) in [5.74, 6) is -2.45. The molecule has 0 radical (unpaired) electrons. The lowest BCUT2D eigenvalue weighted by molar-refractivity contribution is -0.150. The van der Waals surface area contributed by atoms with E-state index in [0.29, 0.717) is 42.5 Å². The van der Waals surface area contributed by atoms with E-state index in [1.807, 2.05) is 4.90 Å². The van der Waals surface area contributed by atoms with Crippen LogP contribution in [-0.2, 0) is 6.42 Å². The fraction of sp³-hybridized carbons (Fsp3) is 0.440. The van der Waals surface area contributed by atoms with Gasteiger partial charge in [-0.05, 0) is 48.7 Å². The number of rotatable bonds is 7. The lowest BCUT2D eigenvalue weighted by Crippen LogP contribution is -2.54. The van der Waals surface area contributed by atoms with Crippen LogP contribution < -0.4 is 5.32 Å². The molecule has 1 saturated heterocycles. The van der Waals surface area contributed by atoms with E-state index in [-0.39, 0.29) is 30.4 Å². The van der Waals surface area contributed by atoms with E-state index in [4.69, 9.17) is 0 Å². The first-order valence-electron chi connectivity index (χ1n) is 11.8. The first kappa shape index (κ1) is 24.9. The first-order chi connectivity index (χ1) is 17.1. The predicted molar refractivity (Wildman–Crippen MR) is 122 cm³/mol. The zero-order valence-electron chi connectivity index (χ0n) is 19.2. The topological polar surface area (TPSA) is 34.3 Å². The minimum atomic E-state index is -4.58. The van der Waals surface area contributed by atoms with Crippen LogP contribution in [0.15, 0.2) is 30.3 Å². The maximum absolute atomic E-state index is 15.4. The second-order valence-electron chi connectivity index (χ2n) is 9.44. The molecule has 1 aromatic heterocycles. The molecular weight excluding hydrogens is 489 g/mol. The Morgan fingerprint density at radius 3 is 2.42 bits per heavy atom. The zero-order valence-corrected chi connectivity index (χ0v) is 19.2. The van der Waals surface area contributed by atoms with E-state index in [1.54, 1.807) is 0 Å². The van der Waals surface area contributed by atoms with Gasteiger partial charge in [-0.1, -0.05) is 0 Å². The van der Waals surface area contributed by atoms with Crippen molar-refractivity contribution in [1.29, 1.82) is 0 Å². The van der Waals surface area contributed by atoms with E-state index in [9.17, 15) is 22.0 Å². The third kappa shape index (κ3) is 4.90. The molecule has 0 aliphatic carbocycles. The molecule has 0 bridgehead atoms. The Hall–Kier alpha value is -2.79. The fourth-order valence-corrected chi connectivity index (χ4v) is 5.33. The summed E-state index contributed by atoms with van der Waals surface area (Å²) in [7, 11) is 0. The van der Waals surface area contributed by atoms with Crippen molar-refractivity contribution in [3.8, 4) is 0 Å². The number of anilines is 1. The van der Waals surface area contributed by atoms with Crippen LogP contribution in [0.4, 0.5) is 36.4 Å². The minimum Gasteiger partial charge on any atom is -0.380 e. The molecule has 5 rings (SSSR count). The predicted octanol–water partition coefficient (Wildman–Crippen LogP) is 5.55. The van der Waals surface area contributed by atoms with Gasteiger partial charge in [0.15, 0.2) is 0 Å². The highest BCUT2D eigenvalue weighted by molar-refractivity contribution is 5.85. The van der Waals surface area contributed by atoms with Crippen molar-refractivity contribution in [2.75, 3.05) is 44.7 Å². The second kappa shape index (κ2) is 9.59. The van der Waals surface area contributed by atoms with E-state index in [2.05, 4.69) is 10.3 Å². The summed E-state index contributed by atoms with van der Waals surface area (Å²) in [5, 5.41) is 3.52. The Morgan fingerprint density at radius 1 is 1.03 bits per heavy atom. The van der Waals surface area contributed by atoms with Gasteiger partial charge in [0.2, 0.25) is 0 Å². The number of hydrogen-bond donors (Lipinski definition) is 2. The smallest absolute Gasteiger partial charge is 0.380 e. The van der Waals surface area contributed by atoms with Crippen LogP contribution in [-0.4, -0.2) is 66.4 Å². The third-order valence-corrected chi connectivity index (χ3v) is 6.86.